The molecule has 26 heavy (non-hydrogen) atoms. The Bertz CT molecular complexity index is 647. The zero-order valence-corrected chi connectivity index (χ0v) is 19.0. The van der Waals surface area contributed by atoms with E-state index >= 15 is 0 Å². The lowest BCUT2D eigenvalue weighted by atomic mass is 9.99. The molecule has 7 heteroatoms. The molecule has 0 aromatic heterocycles. The number of nitrogens with zero attached hydrogens (tertiary/aromatic N) is 1. The smallest absolute Gasteiger partial charge is 0.232 e. The van der Waals surface area contributed by atoms with Crippen LogP contribution in [-0.2, 0) is 14.8 Å². The number of benzene rings is 1. The highest BCUT2D eigenvalue weighted by Gasteiger charge is 2.17. The largest absolute Gasteiger partial charge is 0.356 e. The highest BCUT2D eigenvalue weighted by molar-refractivity contribution is 14.1. The van der Waals surface area contributed by atoms with Gasteiger partial charge in [-0.2, -0.15) is 0 Å². The Kier molecular flexibility index (Phi) is 10.5. The maximum Gasteiger partial charge on any atom is 0.232 e. The van der Waals surface area contributed by atoms with Gasteiger partial charge < -0.3 is 5.32 Å². The van der Waals surface area contributed by atoms with Crippen LogP contribution in [0.5, 0.6) is 0 Å². The molecule has 0 spiro atoms. The van der Waals surface area contributed by atoms with Gasteiger partial charge in [0.1, 0.15) is 0 Å². The highest BCUT2D eigenvalue weighted by atomic mass is 127. The molecule has 1 rings (SSSR count). The van der Waals surface area contributed by atoms with Gasteiger partial charge in [0.25, 0.3) is 0 Å². The Morgan fingerprint density at radius 3 is 2.38 bits per heavy atom. The van der Waals surface area contributed by atoms with Crippen molar-refractivity contribution >= 4 is 44.2 Å². The SMILES string of the molecule is CCCC[C@H](CC)CNC(=O)CCCN(c1ccc(I)cc1)S(C)(=O)=O. The van der Waals surface area contributed by atoms with Gasteiger partial charge in [0.15, 0.2) is 0 Å². The number of nitrogens with one attached hydrogen (secondary N) is 1. The fraction of sp³-hybridized carbons (Fsp3) is 0.632. The summed E-state index contributed by atoms with van der Waals surface area (Å²) in [4.78, 5) is 12.1. The Hall–Kier alpha value is -0.830. The summed E-state index contributed by atoms with van der Waals surface area (Å²) < 4.78 is 26.6. The van der Waals surface area contributed by atoms with Crippen LogP contribution in [0, 0.1) is 9.49 Å². The van der Waals surface area contributed by atoms with E-state index in [1.807, 2.05) is 12.1 Å². The van der Waals surface area contributed by atoms with Gasteiger partial charge in [0.05, 0.1) is 11.9 Å². The zero-order chi connectivity index (χ0) is 19.6. The van der Waals surface area contributed by atoms with Crippen molar-refractivity contribution in [3.8, 4) is 0 Å². The van der Waals surface area contributed by atoms with Crippen molar-refractivity contribution in [3.05, 3.63) is 27.8 Å². The molecule has 148 valence electrons. The standard InChI is InChI=1S/C19H31IN2O3S/c1-4-6-8-16(5-2)15-21-19(23)9-7-14-22(26(3,24)25)18-12-10-17(20)11-13-18/h10-13,16H,4-9,14-15H2,1-3H3,(H,21,23)/t16-/m0/s1. The van der Waals surface area contributed by atoms with Crippen molar-refractivity contribution in [2.45, 2.75) is 52.4 Å². The van der Waals surface area contributed by atoms with E-state index < -0.39 is 10.0 Å². The van der Waals surface area contributed by atoms with Crippen molar-refractivity contribution in [1.82, 2.24) is 5.32 Å². The number of rotatable bonds is 12. The molecule has 1 atom stereocenters. The summed E-state index contributed by atoms with van der Waals surface area (Å²) in [5.74, 6) is 0.522. The third kappa shape index (κ3) is 8.70. The lowest BCUT2D eigenvalue weighted by Gasteiger charge is -2.22. The molecule has 0 fully saturated rings. The molecule has 1 aromatic rings. The number of anilines is 1. The summed E-state index contributed by atoms with van der Waals surface area (Å²) in [5, 5.41) is 2.99. The molecule has 0 saturated heterocycles. The molecule has 0 aliphatic carbocycles. The third-order valence-corrected chi connectivity index (χ3v) is 6.32. The van der Waals surface area contributed by atoms with Crippen LogP contribution in [-0.4, -0.2) is 33.7 Å². The quantitative estimate of drug-likeness (QED) is 0.444. The van der Waals surface area contributed by atoms with Crippen molar-refractivity contribution in [2.75, 3.05) is 23.7 Å². The zero-order valence-electron chi connectivity index (χ0n) is 16.0. The molecule has 0 saturated carbocycles. The summed E-state index contributed by atoms with van der Waals surface area (Å²) in [6.45, 7) is 5.34. The Balaban J connectivity index is 2.49. The average molecular weight is 494 g/mol. The summed E-state index contributed by atoms with van der Waals surface area (Å²) in [6, 6.07) is 7.34. The molecule has 1 N–H and O–H groups in total. The summed E-state index contributed by atoms with van der Waals surface area (Å²) in [6.07, 6.45) is 6.59. The predicted octanol–water partition coefficient (Wildman–Crippen LogP) is 4.17. The first-order valence-corrected chi connectivity index (χ1v) is 12.2. The topological polar surface area (TPSA) is 66.5 Å². The van der Waals surface area contributed by atoms with E-state index in [1.165, 1.54) is 23.4 Å². The number of hydrogen-bond donors (Lipinski definition) is 1. The van der Waals surface area contributed by atoms with E-state index in [0.29, 0.717) is 37.5 Å². The van der Waals surface area contributed by atoms with Gasteiger partial charge >= 0.3 is 0 Å². The van der Waals surface area contributed by atoms with Crippen LogP contribution < -0.4 is 9.62 Å². The van der Waals surface area contributed by atoms with Crippen molar-refractivity contribution in [2.24, 2.45) is 5.92 Å². The number of amides is 1. The van der Waals surface area contributed by atoms with Gasteiger partial charge in [-0.15, -0.1) is 0 Å². The van der Waals surface area contributed by atoms with Crippen LogP contribution >= 0.6 is 22.6 Å². The minimum absolute atomic E-state index is 0.00369. The number of hydrogen-bond acceptors (Lipinski definition) is 3. The van der Waals surface area contributed by atoms with E-state index in [2.05, 4.69) is 41.8 Å². The lowest BCUT2D eigenvalue weighted by molar-refractivity contribution is -0.121. The first-order chi connectivity index (χ1) is 12.3. The normalized spacial score (nSPS) is 12.6. The lowest BCUT2D eigenvalue weighted by Crippen LogP contribution is -2.33. The molecule has 1 aromatic carbocycles. The van der Waals surface area contributed by atoms with E-state index in [9.17, 15) is 13.2 Å². The summed E-state index contributed by atoms with van der Waals surface area (Å²) in [7, 11) is -3.37. The second-order valence-corrected chi connectivity index (χ2v) is 9.79. The number of sulfonamides is 1. The number of carbonyl (C=O) groups is 1. The maximum atomic E-state index is 12.1. The molecule has 0 unspecified atom stereocenters. The molecular formula is C19H31IN2O3S. The monoisotopic (exact) mass is 494 g/mol. The second kappa shape index (κ2) is 11.8. The van der Waals surface area contributed by atoms with Gasteiger partial charge in [-0.3, -0.25) is 9.10 Å². The molecule has 1 amide bonds. The molecular weight excluding hydrogens is 463 g/mol. The van der Waals surface area contributed by atoms with Gasteiger partial charge in [-0.05, 0) is 65.6 Å². The van der Waals surface area contributed by atoms with Crippen molar-refractivity contribution in [3.63, 3.8) is 0 Å². The minimum Gasteiger partial charge on any atom is -0.356 e. The third-order valence-electron chi connectivity index (χ3n) is 4.41. The minimum atomic E-state index is -3.37. The highest BCUT2D eigenvalue weighted by Crippen LogP contribution is 2.20. The van der Waals surface area contributed by atoms with E-state index in [4.69, 9.17) is 0 Å². The van der Waals surface area contributed by atoms with Gasteiger partial charge in [0, 0.05) is 23.1 Å². The van der Waals surface area contributed by atoms with Crippen LogP contribution in [0.15, 0.2) is 24.3 Å². The fourth-order valence-electron chi connectivity index (χ4n) is 2.77. The Morgan fingerprint density at radius 1 is 1.19 bits per heavy atom. The molecule has 0 aliphatic rings. The predicted molar refractivity (Wildman–Crippen MR) is 117 cm³/mol. The van der Waals surface area contributed by atoms with Crippen LogP contribution in [0.3, 0.4) is 0 Å². The van der Waals surface area contributed by atoms with Crippen LogP contribution in [0.2, 0.25) is 0 Å². The molecule has 0 bridgehead atoms. The Labute approximate surface area is 172 Å². The van der Waals surface area contributed by atoms with E-state index in [-0.39, 0.29) is 5.91 Å². The summed E-state index contributed by atoms with van der Waals surface area (Å²) >= 11 is 2.18. The molecule has 0 radical (unpaired) electrons. The first-order valence-electron chi connectivity index (χ1n) is 9.27. The van der Waals surface area contributed by atoms with Gasteiger partial charge in [0.2, 0.25) is 15.9 Å². The first kappa shape index (κ1) is 23.2. The van der Waals surface area contributed by atoms with Crippen LogP contribution in [0.4, 0.5) is 5.69 Å². The average Bonchev–Trinajstić information content (AvgIpc) is 2.59. The number of unbranched alkanes of at least 4 members (excludes halogenated alkanes) is 1. The van der Waals surface area contributed by atoms with Gasteiger partial charge in [-0.1, -0.05) is 33.1 Å². The van der Waals surface area contributed by atoms with E-state index in [0.717, 1.165) is 16.4 Å². The summed E-state index contributed by atoms with van der Waals surface area (Å²) in [5.41, 5.74) is 0.638. The van der Waals surface area contributed by atoms with Crippen LogP contribution in [0.25, 0.3) is 0 Å². The van der Waals surface area contributed by atoms with Gasteiger partial charge in [-0.25, -0.2) is 8.42 Å². The Morgan fingerprint density at radius 2 is 1.85 bits per heavy atom. The van der Waals surface area contributed by atoms with Crippen LogP contribution in [0.1, 0.15) is 52.4 Å². The van der Waals surface area contributed by atoms with Crippen molar-refractivity contribution in [1.29, 1.82) is 0 Å². The second-order valence-electron chi connectivity index (χ2n) is 6.64. The number of carbonyl (C=O) groups excluding carboxylic acids is 1. The maximum absolute atomic E-state index is 12.1. The molecule has 0 heterocycles. The molecule has 0 aliphatic heterocycles. The molecule has 5 nitrogen and oxygen atoms in total. The van der Waals surface area contributed by atoms with E-state index in [1.54, 1.807) is 12.1 Å². The van der Waals surface area contributed by atoms with Crippen molar-refractivity contribution < 1.29 is 13.2 Å². The number of halogens is 1. The fourth-order valence-corrected chi connectivity index (χ4v) is 4.09.